The van der Waals surface area contributed by atoms with Crippen molar-refractivity contribution in [1.29, 1.82) is 0 Å². The number of hydrogen-bond donors (Lipinski definition) is 0. The second kappa shape index (κ2) is 7.87. The first-order chi connectivity index (χ1) is 13.2. The first-order valence-electron chi connectivity index (χ1n) is 9.60. The molecule has 2 heterocycles. The van der Waals surface area contributed by atoms with Crippen molar-refractivity contribution in [1.82, 2.24) is 9.97 Å². The molecule has 0 unspecified atom stereocenters. The largest absolute Gasteiger partial charge is 0.381 e. The Bertz CT molecular complexity index is 944. The van der Waals surface area contributed by atoms with Gasteiger partial charge in [0.05, 0.1) is 11.6 Å². The topological polar surface area (TPSA) is 52.1 Å². The molecule has 140 valence electrons. The van der Waals surface area contributed by atoms with Crippen LogP contribution in [0.2, 0.25) is 0 Å². The van der Waals surface area contributed by atoms with E-state index in [0.29, 0.717) is 6.10 Å². The van der Waals surface area contributed by atoms with Crippen molar-refractivity contribution < 1.29 is 9.53 Å². The molecule has 0 aliphatic heterocycles. The van der Waals surface area contributed by atoms with Crippen LogP contribution in [0.3, 0.4) is 0 Å². The fourth-order valence-electron chi connectivity index (χ4n) is 3.97. The van der Waals surface area contributed by atoms with E-state index in [1.54, 1.807) is 18.4 Å². The SMILES string of the molecule is CCc1cc2cc(C(=O)C3CCC(OC)CC3)ccc2nc1-c1nccs1. The fourth-order valence-corrected chi connectivity index (χ4v) is 4.63. The summed E-state index contributed by atoms with van der Waals surface area (Å²) >= 11 is 1.60. The van der Waals surface area contributed by atoms with Gasteiger partial charge in [0.15, 0.2) is 5.78 Å². The molecule has 4 rings (SSSR count). The zero-order chi connectivity index (χ0) is 18.8. The number of ether oxygens (including phenoxy) is 1. The standard InChI is InChI=1S/C22H24N2O2S/c1-3-14-12-17-13-16(21(25)15-4-7-18(26-2)8-5-15)6-9-19(17)24-20(14)22-23-10-11-27-22/h6,9-13,15,18H,3-5,7-8H2,1-2H3. The molecule has 1 aromatic carbocycles. The molecule has 0 N–H and O–H groups in total. The van der Waals surface area contributed by atoms with Crippen molar-refractivity contribution in [2.24, 2.45) is 5.92 Å². The molecular weight excluding hydrogens is 356 g/mol. The fraction of sp³-hybridized carbons (Fsp3) is 0.409. The van der Waals surface area contributed by atoms with Gasteiger partial charge in [0.2, 0.25) is 0 Å². The number of aryl methyl sites for hydroxylation is 1. The number of nitrogens with zero attached hydrogens (tertiary/aromatic N) is 2. The Labute approximate surface area is 163 Å². The molecule has 0 spiro atoms. The summed E-state index contributed by atoms with van der Waals surface area (Å²) in [6, 6.07) is 8.08. The minimum absolute atomic E-state index is 0.113. The Morgan fingerprint density at radius 3 is 2.70 bits per heavy atom. The highest BCUT2D eigenvalue weighted by atomic mass is 32.1. The quantitative estimate of drug-likeness (QED) is 0.563. The Kier molecular flexibility index (Phi) is 5.32. The Hall–Kier alpha value is -2.11. The van der Waals surface area contributed by atoms with Gasteiger partial charge in [0.1, 0.15) is 10.7 Å². The van der Waals surface area contributed by atoms with Gasteiger partial charge < -0.3 is 4.74 Å². The van der Waals surface area contributed by atoms with Crippen LogP contribution in [-0.4, -0.2) is 29.0 Å². The van der Waals surface area contributed by atoms with Crippen LogP contribution in [0.5, 0.6) is 0 Å². The number of pyridine rings is 1. The van der Waals surface area contributed by atoms with Crippen molar-refractivity contribution in [2.75, 3.05) is 7.11 Å². The molecular formula is C22H24N2O2S. The molecule has 1 aliphatic rings. The molecule has 2 aromatic heterocycles. The van der Waals surface area contributed by atoms with Crippen LogP contribution in [0.25, 0.3) is 21.6 Å². The van der Waals surface area contributed by atoms with Crippen molar-refractivity contribution in [3.8, 4) is 10.7 Å². The minimum Gasteiger partial charge on any atom is -0.381 e. The number of benzene rings is 1. The first-order valence-corrected chi connectivity index (χ1v) is 10.5. The molecule has 1 fully saturated rings. The van der Waals surface area contributed by atoms with Crippen LogP contribution in [0, 0.1) is 5.92 Å². The summed E-state index contributed by atoms with van der Waals surface area (Å²) in [6.07, 6.45) is 6.78. The maximum atomic E-state index is 13.0. The highest BCUT2D eigenvalue weighted by Crippen LogP contribution is 2.31. The number of fused-ring (bicyclic) bond motifs is 1. The highest BCUT2D eigenvalue weighted by molar-refractivity contribution is 7.13. The lowest BCUT2D eigenvalue weighted by molar-refractivity contribution is 0.0519. The summed E-state index contributed by atoms with van der Waals surface area (Å²) in [4.78, 5) is 22.2. The predicted octanol–water partition coefficient (Wildman–Crippen LogP) is 5.31. The van der Waals surface area contributed by atoms with Crippen molar-refractivity contribution >= 4 is 28.0 Å². The van der Waals surface area contributed by atoms with E-state index in [4.69, 9.17) is 9.72 Å². The summed E-state index contributed by atoms with van der Waals surface area (Å²) in [7, 11) is 1.76. The molecule has 0 atom stereocenters. The highest BCUT2D eigenvalue weighted by Gasteiger charge is 2.27. The second-order valence-electron chi connectivity index (χ2n) is 7.17. The maximum absolute atomic E-state index is 13.0. The number of thiazole rings is 1. The number of carbonyl (C=O) groups excluding carboxylic acids is 1. The summed E-state index contributed by atoms with van der Waals surface area (Å²) in [5.74, 6) is 0.371. The molecule has 27 heavy (non-hydrogen) atoms. The van der Waals surface area contributed by atoms with Crippen molar-refractivity contribution in [2.45, 2.75) is 45.1 Å². The van der Waals surface area contributed by atoms with Gasteiger partial charge in [-0.05, 0) is 61.9 Å². The lowest BCUT2D eigenvalue weighted by Gasteiger charge is -2.26. The van der Waals surface area contributed by atoms with Gasteiger partial charge in [-0.25, -0.2) is 9.97 Å². The maximum Gasteiger partial charge on any atom is 0.165 e. The number of rotatable bonds is 5. The number of methoxy groups -OCH3 is 1. The van der Waals surface area contributed by atoms with Gasteiger partial charge in [-0.15, -0.1) is 11.3 Å². The van der Waals surface area contributed by atoms with E-state index in [0.717, 1.165) is 59.3 Å². The van der Waals surface area contributed by atoms with E-state index in [1.807, 2.05) is 29.8 Å². The Morgan fingerprint density at radius 1 is 1.22 bits per heavy atom. The number of carbonyl (C=O) groups is 1. The Balaban J connectivity index is 1.64. The molecule has 5 heteroatoms. The third kappa shape index (κ3) is 3.66. The van der Waals surface area contributed by atoms with Crippen LogP contribution in [0.4, 0.5) is 0 Å². The average molecular weight is 381 g/mol. The van der Waals surface area contributed by atoms with Crippen LogP contribution < -0.4 is 0 Å². The summed E-state index contributed by atoms with van der Waals surface area (Å²) in [6.45, 7) is 2.13. The molecule has 3 aromatic rings. The van der Waals surface area contributed by atoms with E-state index in [1.165, 1.54) is 5.56 Å². The smallest absolute Gasteiger partial charge is 0.165 e. The Morgan fingerprint density at radius 2 is 2.04 bits per heavy atom. The van der Waals surface area contributed by atoms with Crippen molar-refractivity contribution in [3.63, 3.8) is 0 Å². The van der Waals surface area contributed by atoms with E-state index in [-0.39, 0.29) is 11.7 Å². The van der Waals surface area contributed by atoms with Gasteiger partial charge in [-0.3, -0.25) is 4.79 Å². The van der Waals surface area contributed by atoms with Crippen molar-refractivity contribution in [3.05, 3.63) is 47.0 Å². The minimum atomic E-state index is 0.113. The molecule has 4 nitrogen and oxygen atoms in total. The molecule has 0 radical (unpaired) electrons. The zero-order valence-electron chi connectivity index (χ0n) is 15.8. The molecule has 1 saturated carbocycles. The first kappa shape index (κ1) is 18.3. The van der Waals surface area contributed by atoms with E-state index >= 15 is 0 Å². The number of ketones is 1. The van der Waals surface area contributed by atoms with Crippen LogP contribution in [-0.2, 0) is 11.2 Å². The molecule has 0 bridgehead atoms. The van der Waals surface area contributed by atoms with Gasteiger partial charge in [-0.2, -0.15) is 0 Å². The number of hydrogen-bond acceptors (Lipinski definition) is 5. The average Bonchev–Trinajstić information content (AvgIpc) is 3.26. The van der Waals surface area contributed by atoms with Gasteiger partial charge in [0, 0.05) is 35.6 Å². The summed E-state index contributed by atoms with van der Waals surface area (Å²) < 4.78 is 5.43. The van der Waals surface area contributed by atoms with Crippen LogP contribution in [0.1, 0.15) is 48.5 Å². The van der Waals surface area contributed by atoms with Crippen LogP contribution >= 0.6 is 11.3 Å². The zero-order valence-corrected chi connectivity index (χ0v) is 16.6. The molecule has 1 aliphatic carbocycles. The van der Waals surface area contributed by atoms with Gasteiger partial charge in [0.25, 0.3) is 0 Å². The third-order valence-corrected chi connectivity index (χ3v) is 6.35. The van der Waals surface area contributed by atoms with Gasteiger partial charge in [-0.1, -0.05) is 6.92 Å². The normalized spacial score (nSPS) is 20.1. The van der Waals surface area contributed by atoms with E-state index in [9.17, 15) is 4.79 Å². The van der Waals surface area contributed by atoms with E-state index < -0.39 is 0 Å². The third-order valence-electron chi connectivity index (χ3n) is 5.57. The summed E-state index contributed by atoms with van der Waals surface area (Å²) in [5.41, 5.74) is 3.84. The molecule has 0 amide bonds. The lowest BCUT2D eigenvalue weighted by atomic mass is 9.82. The number of Topliss-reactive ketones (excluding diaryl/α,β-unsaturated/α-hetero) is 1. The monoisotopic (exact) mass is 380 g/mol. The lowest BCUT2D eigenvalue weighted by Crippen LogP contribution is -2.25. The number of aromatic nitrogens is 2. The predicted molar refractivity (Wildman–Crippen MR) is 109 cm³/mol. The van der Waals surface area contributed by atoms with Crippen LogP contribution in [0.15, 0.2) is 35.8 Å². The summed E-state index contributed by atoms with van der Waals surface area (Å²) in [5, 5.41) is 3.95. The molecule has 0 saturated heterocycles. The second-order valence-corrected chi connectivity index (χ2v) is 8.06. The van der Waals surface area contributed by atoms with E-state index in [2.05, 4.69) is 18.0 Å². The van der Waals surface area contributed by atoms with Gasteiger partial charge >= 0.3 is 0 Å².